The van der Waals surface area contributed by atoms with Crippen LogP contribution in [0, 0.1) is 11.7 Å². The van der Waals surface area contributed by atoms with Crippen LogP contribution in [-0.2, 0) is 16.0 Å². The Morgan fingerprint density at radius 2 is 1.87 bits per heavy atom. The smallest absolute Gasteiger partial charge is 0.123 e. The Bertz CT molecular complexity index is 517. The molecule has 0 radical (unpaired) electrons. The van der Waals surface area contributed by atoms with Crippen LogP contribution >= 0.6 is 0 Å². The monoisotopic (exact) mass is 319 g/mol. The maximum absolute atomic E-state index is 13.0. The van der Waals surface area contributed by atoms with Crippen LogP contribution in [-0.4, -0.2) is 42.9 Å². The fourth-order valence-corrected chi connectivity index (χ4v) is 3.88. The number of nitrogens with zero attached hydrogens (tertiary/aromatic N) is 1. The third kappa shape index (κ3) is 3.93. The lowest BCUT2D eigenvalue weighted by Crippen LogP contribution is -2.43. The van der Waals surface area contributed by atoms with Gasteiger partial charge in [-0.05, 0) is 55.7 Å². The second kappa shape index (κ2) is 6.88. The first-order chi connectivity index (χ1) is 11.3. The molecule has 2 aliphatic heterocycles. The first-order valence-electron chi connectivity index (χ1n) is 8.99. The van der Waals surface area contributed by atoms with Gasteiger partial charge in [0.25, 0.3) is 0 Å². The first-order valence-corrected chi connectivity index (χ1v) is 8.99. The minimum absolute atomic E-state index is 0.164. The van der Waals surface area contributed by atoms with Crippen molar-refractivity contribution in [3.8, 4) is 0 Å². The van der Waals surface area contributed by atoms with Crippen molar-refractivity contribution in [2.45, 2.75) is 56.9 Å². The summed E-state index contributed by atoms with van der Waals surface area (Å²) in [6, 6.07) is 7.39. The van der Waals surface area contributed by atoms with Crippen LogP contribution in [0.25, 0.3) is 0 Å². The molecule has 3 fully saturated rings. The van der Waals surface area contributed by atoms with E-state index in [4.69, 9.17) is 9.47 Å². The molecule has 3 aliphatic rings. The van der Waals surface area contributed by atoms with E-state index in [0.29, 0.717) is 12.1 Å². The van der Waals surface area contributed by atoms with Crippen molar-refractivity contribution in [3.63, 3.8) is 0 Å². The van der Waals surface area contributed by atoms with Gasteiger partial charge in [0.2, 0.25) is 0 Å². The zero-order chi connectivity index (χ0) is 15.6. The Morgan fingerprint density at radius 1 is 1.04 bits per heavy atom. The maximum Gasteiger partial charge on any atom is 0.123 e. The van der Waals surface area contributed by atoms with Crippen LogP contribution in [0.4, 0.5) is 4.39 Å². The Labute approximate surface area is 137 Å². The summed E-state index contributed by atoms with van der Waals surface area (Å²) in [6.45, 7) is 3.65. The third-order valence-corrected chi connectivity index (χ3v) is 5.40. The van der Waals surface area contributed by atoms with Crippen molar-refractivity contribution in [1.82, 2.24) is 4.90 Å². The molecule has 1 saturated carbocycles. The predicted octanol–water partition coefficient (Wildman–Crippen LogP) is 3.37. The lowest BCUT2D eigenvalue weighted by Gasteiger charge is -2.36. The van der Waals surface area contributed by atoms with Crippen LogP contribution in [0.5, 0.6) is 0 Å². The summed E-state index contributed by atoms with van der Waals surface area (Å²) >= 11 is 0. The maximum atomic E-state index is 13.0. The second-order valence-electron chi connectivity index (χ2n) is 7.31. The van der Waals surface area contributed by atoms with E-state index in [0.717, 1.165) is 45.1 Å². The second-order valence-corrected chi connectivity index (χ2v) is 7.31. The lowest BCUT2D eigenvalue weighted by atomic mass is 9.99. The summed E-state index contributed by atoms with van der Waals surface area (Å²) in [5.41, 5.74) is 1.18. The average molecular weight is 319 g/mol. The minimum atomic E-state index is -0.164. The number of hydrogen-bond acceptors (Lipinski definition) is 3. The molecule has 0 N–H and O–H groups in total. The largest absolute Gasteiger partial charge is 0.378 e. The van der Waals surface area contributed by atoms with Gasteiger partial charge in [-0.25, -0.2) is 4.39 Å². The SMILES string of the molecule is Fc1ccc(CN2CC[C@@H]3O[C@H](COCC4CC4)CC[C@@H]32)cc1. The molecule has 2 saturated heterocycles. The molecule has 3 atom stereocenters. The fourth-order valence-electron chi connectivity index (χ4n) is 3.88. The quantitative estimate of drug-likeness (QED) is 0.802. The van der Waals surface area contributed by atoms with E-state index in [2.05, 4.69) is 4.90 Å². The Hall–Kier alpha value is -0.970. The van der Waals surface area contributed by atoms with E-state index in [9.17, 15) is 4.39 Å². The summed E-state index contributed by atoms with van der Waals surface area (Å²) in [6.07, 6.45) is 6.68. The molecule has 4 rings (SSSR count). The number of fused-ring (bicyclic) bond motifs is 1. The zero-order valence-electron chi connectivity index (χ0n) is 13.6. The molecule has 0 unspecified atom stereocenters. The number of hydrogen-bond donors (Lipinski definition) is 0. The highest BCUT2D eigenvalue weighted by Gasteiger charge is 2.39. The molecular formula is C19H26FNO2. The normalized spacial score (nSPS) is 31.3. The predicted molar refractivity (Wildman–Crippen MR) is 86.7 cm³/mol. The van der Waals surface area contributed by atoms with Gasteiger partial charge < -0.3 is 9.47 Å². The molecule has 23 heavy (non-hydrogen) atoms. The molecule has 2 heterocycles. The van der Waals surface area contributed by atoms with Gasteiger partial charge in [-0.3, -0.25) is 4.90 Å². The first kappa shape index (κ1) is 15.6. The van der Waals surface area contributed by atoms with Crippen LogP contribution in [0.3, 0.4) is 0 Å². The van der Waals surface area contributed by atoms with Gasteiger partial charge >= 0.3 is 0 Å². The van der Waals surface area contributed by atoms with Crippen LogP contribution in [0.1, 0.15) is 37.7 Å². The van der Waals surface area contributed by atoms with Crippen LogP contribution < -0.4 is 0 Å². The minimum Gasteiger partial charge on any atom is -0.378 e. The Morgan fingerprint density at radius 3 is 2.65 bits per heavy atom. The molecule has 1 aromatic carbocycles. The van der Waals surface area contributed by atoms with Crippen molar-refractivity contribution in [2.75, 3.05) is 19.8 Å². The molecule has 0 amide bonds. The number of halogens is 1. The van der Waals surface area contributed by atoms with E-state index in [1.165, 1.54) is 24.8 Å². The summed E-state index contributed by atoms with van der Waals surface area (Å²) in [7, 11) is 0. The van der Waals surface area contributed by atoms with Crippen molar-refractivity contribution in [2.24, 2.45) is 5.92 Å². The highest BCUT2D eigenvalue weighted by molar-refractivity contribution is 5.16. The molecule has 0 aromatic heterocycles. The molecule has 1 aliphatic carbocycles. The van der Waals surface area contributed by atoms with Crippen molar-refractivity contribution in [3.05, 3.63) is 35.6 Å². The molecule has 1 aromatic rings. The molecule has 0 spiro atoms. The molecule has 126 valence electrons. The van der Waals surface area contributed by atoms with Gasteiger partial charge in [0, 0.05) is 25.7 Å². The number of rotatable bonds is 6. The summed E-state index contributed by atoms with van der Waals surface area (Å²) < 4.78 is 25.1. The Balaban J connectivity index is 1.26. The van der Waals surface area contributed by atoms with Crippen molar-refractivity contribution in [1.29, 1.82) is 0 Å². The van der Waals surface area contributed by atoms with Crippen molar-refractivity contribution < 1.29 is 13.9 Å². The van der Waals surface area contributed by atoms with E-state index in [1.54, 1.807) is 12.1 Å². The van der Waals surface area contributed by atoms with Gasteiger partial charge in [-0.2, -0.15) is 0 Å². The lowest BCUT2D eigenvalue weighted by molar-refractivity contribution is -0.101. The van der Waals surface area contributed by atoms with Gasteiger partial charge in [0.05, 0.1) is 18.8 Å². The standard InChI is InChI=1S/C19H26FNO2/c20-16-5-3-14(4-6-16)11-21-10-9-19-18(21)8-7-17(23-19)13-22-12-15-1-2-15/h3-6,15,17-19H,1-2,7-13H2/t17-,18-,19-/m0/s1. The van der Waals surface area contributed by atoms with Crippen LogP contribution in [0.15, 0.2) is 24.3 Å². The average Bonchev–Trinajstić information content (AvgIpc) is 3.30. The van der Waals surface area contributed by atoms with E-state index in [1.807, 2.05) is 12.1 Å². The molecule has 4 heteroatoms. The number of ether oxygens (including phenoxy) is 2. The highest BCUT2D eigenvalue weighted by Crippen LogP contribution is 2.33. The summed E-state index contributed by atoms with van der Waals surface area (Å²) in [4.78, 5) is 2.50. The van der Waals surface area contributed by atoms with Crippen LogP contribution in [0.2, 0.25) is 0 Å². The van der Waals surface area contributed by atoms with Crippen molar-refractivity contribution >= 4 is 0 Å². The fraction of sp³-hybridized carbons (Fsp3) is 0.684. The Kier molecular flexibility index (Phi) is 4.65. The molecular weight excluding hydrogens is 293 g/mol. The molecule has 0 bridgehead atoms. The van der Waals surface area contributed by atoms with E-state index in [-0.39, 0.29) is 11.9 Å². The summed E-state index contributed by atoms with van der Waals surface area (Å²) in [5, 5.41) is 0. The molecule has 3 nitrogen and oxygen atoms in total. The zero-order valence-corrected chi connectivity index (χ0v) is 13.6. The van der Waals surface area contributed by atoms with Gasteiger partial charge in [-0.15, -0.1) is 0 Å². The number of likely N-dealkylation sites (tertiary alicyclic amines) is 1. The van der Waals surface area contributed by atoms with E-state index >= 15 is 0 Å². The highest BCUT2D eigenvalue weighted by atomic mass is 19.1. The third-order valence-electron chi connectivity index (χ3n) is 5.40. The van der Waals surface area contributed by atoms with Gasteiger partial charge in [0.15, 0.2) is 0 Å². The number of benzene rings is 1. The van der Waals surface area contributed by atoms with E-state index < -0.39 is 0 Å². The summed E-state index contributed by atoms with van der Waals surface area (Å²) in [5.74, 6) is 0.659. The van der Waals surface area contributed by atoms with Gasteiger partial charge in [0.1, 0.15) is 5.82 Å². The topological polar surface area (TPSA) is 21.7 Å². The van der Waals surface area contributed by atoms with Gasteiger partial charge in [-0.1, -0.05) is 12.1 Å².